The van der Waals surface area contributed by atoms with E-state index in [1.807, 2.05) is 6.07 Å². The van der Waals surface area contributed by atoms with E-state index < -0.39 is 17.5 Å². The van der Waals surface area contributed by atoms with Gasteiger partial charge in [-0.05, 0) is 5.56 Å². The summed E-state index contributed by atoms with van der Waals surface area (Å²) in [5.41, 5.74) is 4.09. The zero-order valence-corrected chi connectivity index (χ0v) is 7.03. The van der Waals surface area contributed by atoms with Gasteiger partial charge in [0, 0.05) is 6.42 Å². The number of amides is 1. The quantitative estimate of drug-likeness (QED) is 0.731. The third kappa shape index (κ3) is 1.20. The van der Waals surface area contributed by atoms with Gasteiger partial charge in [0.2, 0.25) is 5.91 Å². The van der Waals surface area contributed by atoms with E-state index in [9.17, 15) is 9.18 Å². The molecule has 2 atom stereocenters. The van der Waals surface area contributed by atoms with Crippen molar-refractivity contribution >= 4 is 5.91 Å². The Balaban J connectivity index is 2.25. The second kappa shape index (κ2) is 2.55. The van der Waals surface area contributed by atoms with Crippen LogP contribution in [-0.2, 0) is 10.5 Å². The third-order valence-electron chi connectivity index (χ3n) is 2.49. The van der Waals surface area contributed by atoms with Crippen LogP contribution < -0.4 is 5.73 Å². The molecule has 0 spiro atoms. The Bertz CT molecular complexity index is 338. The Morgan fingerprint density at radius 2 is 2.08 bits per heavy atom. The number of hydrogen-bond donors (Lipinski definition) is 1. The van der Waals surface area contributed by atoms with Gasteiger partial charge in [0.15, 0.2) is 0 Å². The molecule has 1 saturated carbocycles. The Hall–Kier alpha value is -1.38. The van der Waals surface area contributed by atoms with E-state index in [1.165, 1.54) is 0 Å². The summed E-state index contributed by atoms with van der Waals surface area (Å²) >= 11 is 0. The fourth-order valence-electron chi connectivity index (χ4n) is 1.60. The lowest BCUT2D eigenvalue weighted by molar-refractivity contribution is -0.120. The average Bonchev–Trinajstić information content (AvgIpc) is 2.82. The smallest absolute Gasteiger partial charge is 0.224 e. The Morgan fingerprint density at radius 1 is 1.46 bits per heavy atom. The van der Waals surface area contributed by atoms with Gasteiger partial charge in [-0.25, -0.2) is 4.39 Å². The number of halogens is 1. The van der Waals surface area contributed by atoms with Gasteiger partial charge in [-0.1, -0.05) is 30.3 Å². The number of carbonyl (C=O) groups is 1. The summed E-state index contributed by atoms with van der Waals surface area (Å²) in [5.74, 6) is -1.18. The molecule has 0 heterocycles. The molecule has 0 aliphatic heterocycles. The first-order chi connectivity index (χ1) is 6.14. The molecule has 1 aliphatic carbocycles. The van der Waals surface area contributed by atoms with Crippen LogP contribution in [0.1, 0.15) is 12.0 Å². The van der Waals surface area contributed by atoms with Crippen LogP contribution in [0.2, 0.25) is 0 Å². The molecule has 0 bridgehead atoms. The van der Waals surface area contributed by atoms with Gasteiger partial charge in [0.25, 0.3) is 0 Å². The summed E-state index contributed by atoms with van der Waals surface area (Å²) < 4.78 is 13.8. The maximum atomic E-state index is 13.8. The molecule has 0 unspecified atom stereocenters. The van der Waals surface area contributed by atoms with E-state index in [-0.39, 0.29) is 6.42 Å². The van der Waals surface area contributed by atoms with Crippen molar-refractivity contribution in [1.29, 1.82) is 0 Å². The van der Waals surface area contributed by atoms with Crippen LogP contribution in [0.4, 0.5) is 4.39 Å². The minimum Gasteiger partial charge on any atom is -0.369 e. The summed E-state index contributed by atoms with van der Waals surface area (Å²) in [5, 5.41) is 0. The Morgan fingerprint density at radius 3 is 2.54 bits per heavy atom. The predicted octanol–water partition coefficient (Wildman–Crippen LogP) is 1.36. The number of carbonyl (C=O) groups excluding carboxylic acids is 1. The molecule has 1 amide bonds. The lowest BCUT2D eigenvalue weighted by Crippen LogP contribution is -2.18. The van der Waals surface area contributed by atoms with Crippen LogP contribution >= 0.6 is 0 Å². The topological polar surface area (TPSA) is 43.1 Å². The molecular weight excluding hydrogens is 169 g/mol. The van der Waals surface area contributed by atoms with Crippen molar-refractivity contribution in [3.63, 3.8) is 0 Å². The van der Waals surface area contributed by atoms with Crippen LogP contribution in [0.25, 0.3) is 0 Å². The highest BCUT2D eigenvalue weighted by Gasteiger charge is 2.60. The Labute approximate surface area is 75.6 Å². The summed E-state index contributed by atoms with van der Waals surface area (Å²) in [4.78, 5) is 10.7. The predicted molar refractivity (Wildman–Crippen MR) is 46.5 cm³/mol. The van der Waals surface area contributed by atoms with Gasteiger partial charge < -0.3 is 5.73 Å². The summed E-state index contributed by atoms with van der Waals surface area (Å²) in [6, 6.07) is 8.69. The minimum absolute atomic E-state index is 0.229. The van der Waals surface area contributed by atoms with E-state index in [2.05, 4.69) is 0 Å². The van der Waals surface area contributed by atoms with Crippen molar-refractivity contribution < 1.29 is 9.18 Å². The summed E-state index contributed by atoms with van der Waals surface area (Å²) in [7, 11) is 0. The molecule has 2 N–H and O–H groups in total. The van der Waals surface area contributed by atoms with Gasteiger partial charge in [-0.2, -0.15) is 0 Å². The van der Waals surface area contributed by atoms with Crippen LogP contribution in [-0.4, -0.2) is 5.91 Å². The first-order valence-corrected chi connectivity index (χ1v) is 4.18. The molecular formula is C10H10FNO. The second-order valence-corrected chi connectivity index (χ2v) is 3.39. The number of rotatable bonds is 2. The van der Waals surface area contributed by atoms with Crippen molar-refractivity contribution in [2.24, 2.45) is 11.7 Å². The highest BCUT2D eigenvalue weighted by Crippen LogP contribution is 2.55. The van der Waals surface area contributed by atoms with Gasteiger partial charge >= 0.3 is 0 Å². The lowest BCUT2D eigenvalue weighted by Gasteiger charge is -2.05. The molecule has 3 heteroatoms. The van der Waals surface area contributed by atoms with E-state index in [1.54, 1.807) is 24.3 Å². The third-order valence-corrected chi connectivity index (χ3v) is 2.49. The van der Waals surface area contributed by atoms with Gasteiger partial charge in [0.1, 0.15) is 5.67 Å². The maximum absolute atomic E-state index is 13.8. The molecule has 1 aliphatic rings. The van der Waals surface area contributed by atoms with Crippen molar-refractivity contribution in [1.82, 2.24) is 0 Å². The van der Waals surface area contributed by atoms with E-state index >= 15 is 0 Å². The molecule has 2 nitrogen and oxygen atoms in total. The van der Waals surface area contributed by atoms with Crippen molar-refractivity contribution in [3.05, 3.63) is 35.9 Å². The molecule has 0 radical (unpaired) electrons. The number of alkyl halides is 1. The van der Waals surface area contributed by atoms with Crippen molar-refractivity contribution in [3.8, 4) is 0 Å². The fourth-order valence-corrected chi connectivity index (χ4v) is 1.60. The zero-order valence-electron chi connectivity index (χ0n) is 7.03. The zero-order chi connectivity index (χ0) is 9.47. The Kier molecular flexibility index (Phi) is 1.62. The average molecular weight is 179 g/mol. The standard InChI is InChI=1S/C10H10FNO/c11-10(6-8(10)9(12)13)7-4-2-1-3-5-7/h1-5,8H,6H2,(H2,12,13)/t8-,10-/m0/s1. The van der Waals surface area contributed by atoms with Gasteiger partial charge in [0.05, 0.1) is 5.92 Å². The first-order valence-electron chi connectivity index (χ1n) is 4.18. The molecule has 1 aromatic carbocycles. The van der Waals surface area contributed by atoms with Crippen LogP contribution in [0, 0.1) is 5.92 Å². The van der Waals surface area contributed by atoms with E-state index in [0.717, 1.165) is 0 Å². The van der Waals surface area contributed by atoms with Crippen molar-refractivity contribution in [2.75, 3.05) is 0 Å². The molecule has 2 rings (SSSR count). The maximum Gasteiger partial charge on any atom is 0.224 e. The summed E-state index contributed by atoms with van der Waals surface area (Å²) in [6.07, 6.45) is 0.229. The lowest BCUT2D eigenvalue weighted by atomic mass is 10.1. The normalized spacial score (nSPS) is 31.3. The number of benzene rings is 1. The molecule has 68 valence electrons. The molecule has 13 heavy (non-hydrogen) atoms. The van der Waals surface area contributed by atoms with Crippen LogP contribution in [0.15, 0.2) is 30.3 Å². The van der Waals surface area contributed by atoms with E-state index in [4.69, 9.17) is 5.73 Å². The minimum atomic E-state index is -1.49. The van der Waals surface area contributed by atoms with E-state index in [0.29, 0.717) is 5.56 Å². The van der Waals surface area contributed by atoms with Crippen LogP contribution in [0.5, 0.6) is 0 Å². The fraction of sp³-hybridized carbons (Fsp3) is 0.300. The molecule has 1 aromatic rings. The largest absolute Gasteiger partial charge is 0.369 e. The highest BCUT2D eigenvalue weighted by molar-refractivity contribution is 5.82. The molecule has 1 fully saturated rings. The number of hydrogen-bond acceptors (Lipinski definition) is 1. The first kappa shape index (κ1) is 8.23. The SMILES string of the molecule is NC(=O)[C@@H]1C[C@]1(F)c1ccccc1. The number of nitrogens with two attached hydrogens (primary N) is 1. The van der Waals surface area contributed by atoms with Gasteiger partial charge in [-0.3, -0.25) is 4.79 Å². The highest BCUT2D eigenvalue weighted by atomic mass is 19.1. The van der Waals surface area contributed by atoms with Crippen molar-refractivity contribution in [2.45, 2.75) is 12.1 Å². The van der Waals surface area contributed by atoms with Gasteiger partial charge in [-0.15, -0.1) is 0 Å². The van der Waals surface area contributed by atoms with Crippen LogP contribution in [0.3, 0.4) is 0 Å². The second-order valence-electron chi connectivity index (χ2n) is 3.39. The molecule has 0 aromatic heterocycles. The number of primary amides is 1. The monoisotopic (exact) mass is 179 g/mol. The molecule has 0 saturated heterocycles. The summed E-state index contributed by atoms with van der Waals surface area (Å²) in [6.45, 7) is 0.